The average molecular weight is 289 g/mol. The standard InChI is InChI=1S/C17H27N3O/c1-19-10-8-14(9-11-19)13-20(2)17(21)12-16(18)15-6-4-3-5-7-15/h3-7,14,16H,8-13,18H2,1-2H3. The number of benzene rings is 1. The van der Waals surface area contributed by atoms with Crippen molar-refractivity contribution in [3.8, 4) is 0 Å². The lowest BCUT2D eigenvalue weighted by atomic mass is 9.96. The summed E-state index contributed by atoms with van der Waals surface area (Å²) in [5.74, 6) is 0.772. The fourth-order valence-electron chi connectivity index (χ4n) is 2.90. The number of nitrogens with zero attached hydrogens (tertiary/aromatic N) is 2. The molecule has 1 aromatic rings. The summed E-state index contributed by atoms with van der Waals surface area (Å²) in [6.45, 7) is 3.13. The number of nitrogens with two attached hydrogens (primary N) is 1. The third-order valence-corrected chi connectivity index (χ3v) is 4.42. The molecule has 116 valence electrons. The smallest absolute Gasteiger partial charge is 0.224 e. The predicted molar refractivity (Wildman–Crippen MR) is 85.8 cm³/mol. The molecule has 1 aliphatic heterocycles. The van der Waals surface area contributed by atoms with Crippen LogP contribution in [0.25, 0.3) is 0 Å². The first-order valence-corrected chi connectivity index (χ1v) is 7.79. The summed E-state index contributed by atoms with van der Waals surface area (Å²) in [5.41, 5.74) is 7.16. The molecular weight excluding hydrogens is 262 g/mol. The van der Waals surface area contributed by atoms with Gasteiger partial charge in [-0.05, 0) is 44.5 Å². The van der Waals surface area contributed by atoms with Gasteiger partial charge in [-0.2, -0.15) is 0 Å². The number of carbonyl (C=O) groups is 1. The zero-order valence-corrected chi connectivity index (χ0v) is 13.2. The maximum Gasteiger partial charge on any atom is 0.224 e. The van der Waals surface area contributed by atoms with E-state index in [9.17, 15) is 4.79 Å². The molecule has 0 aliphatic carbocycles. The number of carbonyl (C=O) groups excluding carboxylic acids is 1. The molecule has 21 heavy (non-hydrogen) atoms. The summed E-state index contributed by atoms with van der Waals surface area (Å²) in [6.07, 6.45) is 2.74. The van der Waals surface area contributed by atoms with Crippen LogP contribution in [-0.4, -0.2) is 49.4 Å². The molecule has 2 rings (SSSR count). The second-order valence-corrected chi connectivity index (χ2v) is 6.24. The van der Waals surface area contributed by atoms with E-state index in [1.165, 1.54) is 12.8 Å². The molecule has 4 nitrogen and oxygen atoms in total. The van der Waals surface area contributed by atoms with Gasteiger partial charge in [-0.25, -0.2) is 0 Å². The van der Waals surface area contributed by atoms with Crippen molar-refractivity contribution in [1.82, 2.24) is 9.80 Å². The topological polar surface area (TPSA) is 49.6 Å². The first kappa shape index (κ1) is 16.0. The number of likely N-dealkylation sites (tertiary alicyclic amines) is 1. The predicted octanol–water partition coefficient (Wildman–Crippen LogP) is 1.88. The fraction of sp³-hybridized carbons (Fsp3) is 0.588. The van der Waals surface area contributed by atoms with E-state index in [0.717, 1.165) is 25.2 Å². The van der Waals surface area contributed by atoms with Crippen LogP contribution < -0.4 is 5.73 Å². The van der Waals surface area contributed by atoms with E-state index < -0.39 is 0 Å². The summed E-state index contributed by atoms with van der Waals surface area (Å²) >= 11 is 0. The Hall–Kier alpha value is -1.39. The number of piperidine rings is 1. The largest absolute Gasteiger partial charge is 0.345 e. The second kappa shape index (κ2) is 7.57. The van der Waals surface area contributed by atoms with Crippen LogP contribution in [-0.2, 0) is 4.79 Å². The number of hydrogen-bond donors (Lipinski definition) is 1. The van der Waals surface area contributed by atoms with Crippen LogP contribution in [0, 0.1) is 5.92 Å². The van der Waals surface area contributed by atoms with Gasteiger partial charge in [-0.3, -0.25) is 4.79 Å². The van der Waals surface area contributed by atoms with E-state index in [1.807, 2.05) is 42.3 Å². The molecule has 0 spiro atoms. The lowest BCUT2D eigenvalue weighted by Crippen LogP contribution is -2.38. The summed E-state index contributed by atoms with van der Waals surface area (Å²) in [5, 5.41) is 0. The monoisotopic (exact) mass is 289 g/mol. The Bertz CT molecular complexity index is 441. The maximum absolute atomic E-state index is 12.3. The van der Waals surface area contributed by atoms with Gasteiger partial charge in [-0.1, -0.05) is 30.3 Å². The zero-order chi connectivity index (χ0) is 15.2. The Morgan fingerprint density at radius 2 is 1.95 bits per heavy atom. The molecular formula is C17H27N3O. The molecule has 1 amide bonds. The van der Waals surface area contributed by atoms with E-state index in [-0.39, 0.29) is 11.9 Å². The van der Waals surface area contributed by atoms with Gasteiger partial charge in [0.15, 0.2) is 0 Å². The molecule has 1 atom stereocenters. The second-order valence-electron chi connectivity index (χ2n) is 6.24. The Kier molecular flexibility index (Phi) is 5.76. The van der Waals surface area contributed by atoms with Crippen LogP contribution in [0.15, 0.2) is 30.3 Å². The molecule has 1 aromatic carbocycles. The highest BCUT2D eigenvalue weighted by Gasteiger charge is 2.21. The lowest BCUT2D eigenvalue weighted by Gasteiger charge is -2.32. The van der Waals surface area contributed by atoms with Gasteiger partial charge in [0.05, 0.1) is 0 Å². The van der Waals surface area contributed by atoms with Crippen molar-refractivity contribution in [2.45, 2.75) is 25.3 Å². The van der Waals surface area contributed by atoms with Crippen molar-refractivity contribution in [3.05, 3.63) is 35.9 Å². The average Bonchev–Trinajstić information content (AvgIpc) is 2.50. The molecule has 1 saturated heterocycles. The molecule has 1 fully saturated rings. The van der Waals surface area contributed by atoms with E-state index in [4.69, 9.17) is 5.73 Å². The lowest BCUT2D eigenvalue weighted by molar-refractivity contribution is -0.131. The molecule has 0 bridgehead atoms. The van der Waals surface area contributed by atoms with Crippen molar-refractivity contribution >= 4 is 5.91 Å². The summed E-state index contributed by atoms with van der Waals surface area (Å²) < 4.78 is 0. The van der Waals surface area contributed by atoms with E-state index in [2.05, 4.69) is 11.9 Å². The molecule has 1 aliphatic rings. The number of hydrogen-bond acceptors (Lipinski definition) is 3. The van der Waals surface area contributed by atoms with Gasteiger partial charge in [0, 0.05) is 26.1 Å². The van der Waals surface area contributed by atoms with E-state index in [0.29, 0.717) is 12.3 Å². The van der Waals surface area contributed by atoms with Crippen molar-refractivity contribution in [3.63, 3.8) is 0 Å². The van der Waals surface area contributed by atoms with Crippen LogP contribution in [0.1, 0.15) is 30.9 Å². The quantitative estimate of drug-likeness (QED) is 0.900. The van der Waals surface area contributed by atoms with Crippen molar-refractivity contribution in [2.24, 2.45) is 11.7 Å². The highest BCUT2D eigenvalue weighted by molar-refractivity contribution is 5.76. The zero-order valence-electron chi connectivity index (χ0n) is 13.2. The Balaban J connectivity index is 1.80. The minimum atomic E-state index is -0.210. The molecule has 2 N–H and O–H groups in total. The molecule has 4 heteroatoms. The molecule has 0 saturated carbocycles. The highest BCUT2D eigenvalue weighted by atomic mass is 16.2. The van der Waals surface area contributed by atoms with Gasteiger partial charge in [-0.15, -0.1) is 0 Å². The van der Waals surface area contributed by atoms with Gasteiger partial charge in [0.1, 0.15) is 0 Å². The molecule has 0 radical (unpaired) electrons. The van der Waals surface area contributed by atoms with Crippen LogP contribution in [0.3, 0.4) is 0 Å². The van der Waals surface area contributed by atoms with Gasteiger partial charge >= 0.3 is 0 Å². The Labute approximate surface area is 127 Å². The fourth-order valence-corrected chi connectivity index (χ4v) is 2.90. The number of amides is 1. The molecule has 0 aromatic heterocycles. The van der Waals surface area contributed by atoms with Crippen LogP contribution >= 0.6 is 0 Å². The summed E-state index contributed by atoms with van der Waals surface area (Å²) in [7, 11) is 4.06. The van der Waals surface area contributed by atoms with Gasteiger partial charge < -0.3 is 15.5 Å². The highest BCUT2D eigenvalue weighted by Crippen LogP contribution is 2.19. The number of rotatable bonds is 5. The first-order valence-electron chi connectivity index (χ1n) is 7.79. The molecule has 1 unspecified atom stereocenters. The maximum atomic E-state index is 12.3. The van der Waals surface area contributed by atoms with Crippen molar-refractivity contribution < 1.29 is 4.79 Å². The third kappa shape index (κ3) is 4.83. The molecule has 1 heterocycles. The van der Waals surface area contributed by atoms with Crippen LogP contribution in [0.4, 0.5) is 0 Å². The first-order chi connectivity index (χ1) is 10.1. The van der Waals surface area contributed by atoms with Crippen molar-refractivity contribution in [1.29, 1.82) is 0 Å². The van der Waals surface area contributed by atoms with Crippen LogP contribution in [0.5, 0.6) is 0 Å². The normalized spacial score (nSPS) is 18.4. The van der Waals surface area contributed by atoms with Crippen molar-refractivity contribution in [2.75, 3.05) is 33.7 Å². The van der Waals surface area contributed by atoms with E-state index in [1.54, 1.807) is 0 Å². The minimum absolute atomic E-state index is 0.144. The summed E-state index contributed by atoms with van der Waals surface area (Å²) in [6, 6.07) is 9.64. The third-order valence-electron chi connectivity index (χ3n) is 4.42. The Morgan fingerprint density at radius 3 is 2.57 bits per heavy atom. The summed E-state index contributed by atoms with van der Waals surface area (Å²) in [4.78, 5) is 16.5. The van der Waals surface area contributed by atoms with Gasteiger partial charge in [0.2, 0.25) is 5.91 Å². The van der Waals surface area contributed by atoms with Gasteiger partial charge in [0.25, 0.3) is 0 Å². The van der Waals surface area contributed by atoms with E-state index >= 15 is 0 Å². The van der Waals surface area contributed by atoms with Crippen LogP contribution in [0.2, 0.25) is 0 Å². The SMILES string of the molecule is CN1CCC(CN(C)C(=O)CC(N)c2ccccc2)CC1. The Morgan fingerprint density at radius 1 is 1.33 bits per heavy atom. The minimum Gasteiger partial charge on any atom is -0.345 e.